The van der Waals surface area contributed by atoms with E-state index in [4.69, 9.17) is 0 Å². The molecule has 2 aliphatic rings. The molecule has 0 amide bonds. The van der Waals surface area contributed by atoms with Gasteiger partial charge in [-0.15, -0.1) is 5.10 Å². The maximum Gasteiger partial charge on any atom is 0.173 e. The van der Waals surface area contributed by atoms with E-state index >= 15 is 0 Å². The van der Waals surface area contributed by atoms with E-state index in [2.05, 4.69) is 25.3 Å². The number of aromatic nitrogens is 4. The Balaban J connectivity index is 1.43. The number of hydrogen-bond donors (Lipinski definition) is 0. The minimum atomic E-state index is -0.262. The fourth-order valence-corrected chi connectivity index (χ4v) is 4.89. The molecule has 2 aromatic carbocycles. The van der Waals surface area contributed by atoms with Gasteiger partial charge in [-0.05, 0) is 53.1 Å². The highest BCUT2D eigenvalue weighted by Gasteiger charge is 2.33. The van der Waals surface area contributed by atoms with E-state index in [9.17, 15) is 8.78 Å². The second-order valence-corrected chi connectivity index (χ2v) is 8.35. The highest BCUT2D eigenvalue weighted by Crippen LogP contribution is 2.35. The molecule has 0 radical (unpaired) electrons. The Labute approximate surface area is 180 Å². The van der Waals surface area contributed by atoms with Crippen molar-refractivity contribution in [2.45, 2.75) is 37.8 Å². The molecule has 1 atom stereocenters. The highest BCUT2D eigenvalue weighted by molar-refractivity contribution is 5.48. The van der Waals surface area contributed by atoms with Crippen molar-refractivity contribution in [3.8, 4) is 0 Å². The Bertz CT molecular complexity index is 1010. The Morgan fingerprint density at radius 1 is 0.871 bits per heavy atom. The molecule has 31 heavy (non-hydrogen) atoms. The molecular formula is C23H26F2N6. The van der Waals surface area contributed by atoms with E-state index in [1.54, 1.807) is 6.07 Å². The number of tetrazole rings is 1. The van der Waals surface area contributed by atoms with Gasteiger partial charge in [0.15, 0.2) is 5.82 Å². The van der Waals surface area contributed by atoms with E-state index in [0.717, 1.165) is 37.3 Å². The maximum absolute atomic E-state index is 14.3. The van der Waals surface area contributed by atoms with Gasteiger partial charge in [0.1, 0.15) is 11.6 Å². The lowest BCUT2D eigenvalue weighted by Gasteiger charge is -2.40. The van der Waals surface area contributed by atoms with E-state index in [1.165, 1.54) is 31.0 Å². The van der Waals surface area contributed by atoms with Gasteiger partial charge in [0.05, 0.1) is 17.8 Å². The topological polar surface area (TPSA) is 50.1 Å². The molecule has 3 aromatic rings. The van der Waals surface area contributed by atoms with Crippen LogP contribution in [-0.2, 0) is 0 Å². The van der Waals surface area contributed by atoms with Crippen LogP contribution in [-0.4, -0.2) is 51.3 Å². The van der Waals surface area contributed by atoms with Crippen LogP contribution in [0.2, 0.25) is 0 Å². The Hall–Kier alpha value is -2.87. The number of piperazine rings is 1. The first-order chi connectivity index (χ1) is 15.2. The van der Waals surface area contributed by atoms with Crippen LogP contribution in [0.4, 0.5) is 14.5 Å². The van der Waals surface area contributed by atoms with Crippen LogP contribution in [0, 0.1) is 11.6 Å². The third-order valence-electron chi connectivity index (χ3n) is 6.49. The van der Waals surface area contributed by atoms with Crippen molar-refractivity contribution in [2.75, 3.05) is 31.1 Å². The summed E-state index contributed by atoms with van der Waals surface area (Å²) in [6.45, 7) is 2.86. The van der Waals surface area contributed by atoms with Gasteiger partial charge in [0, 0.05) is 26.2 Å². The summed E-state index contributed by atoms with van der Waals surface area (Å²) in [6.07, 6.45) is 4.53. The van der Waals surface area contributed by atoms with Crippen molar-refractivity contribution in [1.29, 1.82) is 0 Å². The van der Waals surface area contributed by atoms with Crippen molar-refractivity contribution >= 4 is 5.69 Å². The SMILES string of the molecule is Fc1ccc([C@H](c2nnnn2C2CCCC2)N2CCN(c3ccccc3F)CC2)cc1. The summed E-state index contributed by atoms with van der Waals surface area (Å²) in [5.74, 6) is 0.344. The first-order valence-electron chi connectivity index (χ1n) is 11.0. The van der Waals surface area contributed by atoms with Gasteiger partial charge in [0.25, 0.3) is 0 Å². The van der Waals surface area contributed by atoms with E-state index in [-0.39, 0.29) is 17.7 Å². The average molecular weight is 424 g/mol. The fraction of sp³-hybridized carbons (Fsp3) is 0.435. The minimum absolute atomic E-state index is 0.168. The van der Waals surface area contributed by atoms with Crippen molar-refractivity contribution in [3.05, 3.63) is 71.6 Å². The second kappa shape index (κ2) is 8.70. The second-order valence-electron chi connectivity index (χ2n) is 8.35. The van der Waals surface area contributed by atoms with Crippen molar-refractivity contribution in [3.63, 3.8) is 0 Å². The van der Waals surface area contributed by atoms with Gasteiger partial charge in [-0.25, -0.2) is 13.5 Å². The molecule has 8 heteroatoms. The van der Waals surface area contributed by atoms with Gasteiger partial charge in [-0.2, -0.15) is 0 Å². The van der Waals surface area contributed by atoms with Crippen molar-refractivity contribution in [2.24, 2.45) is 0 Å². The number of benzene rings is 2. The Morgan fingerprint density at radius 2 is 1.58 bits per heavy atom. The van der Waals surface area contributed by atoms with E-state index < -0.39 is 0 Å². The molecule has 0 unspecified atom stereocenters. The molecule has 5 rings (SSSR count). The van der Waals surface area contributed by atoms with Crippen LogP contribution >= 0.6 is 0 Å². The number of para-hydroxylation sites is 1. The monoisotopic (exact) mass is 424 g/mol. The summed E-state index contributed by atoms with van der Waals surface area (Å²) in [7, 11) is 0. The lowest BCUT2D eigenvalue weighted by Crippen LogP contribution is -2.48. The first kappa shape index (κ1) is 20.1. The predicted octanol–water partition coefficient (Wildman–Crippen LogP) is 3.98. The third kappa shape index (κ3) is 4.04. The predicted molar refractivity (Wildman–Crippen MR) is 114 cm³/mol. The number of rotatable bonds is 5. The van der Waals surface area contributed by atoms with Crippen LogP contribution in [0.3, 0.4) is 0 Å². The van der Waals surface area contributed by atoms with E-state index in [1.807, 2.05) is 28.9 Å². The van der Waals surface area contributed by atoms with Gasteiger partial charge in [0.2, 0.25) is 0 Å². The molecule has 1 aromatic heterocycles. The maximum atomic E-state index is 14.3. The molecule has 1 aliphatic heterocycles. The number of nitrogens with zero attached hydrogens (tertiary/aromatic N) is 6. The minimum Gasteiger partial charge on any atom is -0.367 e. The normalized spacial score (nSPS) is 19.1. The summed E-state index contributed by atoms with van der Waals surface area (Å²) in [5.41, 5.74) is 1.60. The van der Waals surface area contributed by atoms with Crippen LogP contribution in [0.5, 0.6) is 0 Å². The lowest BCUT2D eigenvalue weighted by atomic mass is 10.0. The molecule has 6 nitrogen and oxygen atoms in total. The smallest absolute Gasteiger partial charge is 0.173 e. The molecule has 0 spiro atoms. The molecule has 1 saturated carbocycles. The van der Waals surface area contributed by atoms with Crippen LogP contribution in [0.25, 0.3) is 0 Å². The highest BCUT2D eigenvalue weighted by atomic mass is 19.1. The summed E-state index contributed by atoms with van der Waals surface area (Å²) in [4.78, 5) is 4.40. The first-order valence-corrected chi connectivity index (χ1v) is 11.0. The fourth-order valence-electron chi connectivity index (χ4n) is 4.89. The molecule has 1 aliphatic carbocycles. The molecule has 2 heterocycles. The van der Waals surface area contributed by atoms with Crippen molar-refractivity contribution in [1.82, 2.24) is 25.1 Å². The van der Waals surface area contributed by atoms with Gasteiger partial charge in [-0.1, -0.05) is 37.1 Å². The molecular weight excluding hydrogens is 398 g/mol. The Kier molecular flexibility index (Phi) is 5.63. The third-order valence-corrected chi connectivity index (χ3v) is 6.49. The zero-order chi connectivity index (χ0) is 21.2. The number of anilines is 1. The van der Waals surface area contributed by atoms with Crippen LogP contribution < -0.4 is 4.90 Å². The molecule has 2 fully saturated rings. The van der Waals surface area contributed by atoms with Crippen molar-refractivity contribution < 1.29 is 8.78 Å². The van der Waals surface area contributed by atoms with Gasteiger partial charge < -0.3 is 4.90 Å². The summed E-state index contributed by atoms with van der Waals surface area (Å²) >= 11 is 0. The largest absolute Gasteiger partial charge is 0.367 e. The van der Waals surface area contributed by atoms with E-state index in [0.29, 0.717) is 24.8 Å². The zero-order valence-electron chi connectivity index (χ0n) is 17.4. The molecule has 0 bridgehead atoms. The summed E-state index contributed by atoms with van der Waals surface area (Å²) in [5, 5.41) is 12.7. The lowest BCUT2D eigenvalue weighted by molar-refractivity contribution is 0.197. The molecule has 1 saturated heterocycles. The summed E-state index contributed by atoms with van der Waals surface area (Å²) in [6, 6.07) is 13.6. The quantitative estimate of drug-likeness (QED) is 0.620. The molecule has 162 valence electrons. The molecule has 0 N–H and O–H groups in total. The zero-order valence-corrected chi connectivity index (χ0v) is 17.4. The number of halogens is 2. The Morgan fingerprint density at radius 3 is 2.29 bits per heavy atom. The summed E-state index contributed by atoms with van der Waals surface area (Å²) < 4.78 is 29.9. The van der Waals surface area contributed by atoms with Crippen LogP contribution in [0.15, 0.2) is 48.5 Å². The van der Waals surface area contributed by atoms with Gasteiger partial charge in [-0.3, -0.25) is 4.90 Å². The average Bonchev–Trinajstić information content (AvgIpc) is 3.48. The number of hydrogen-bond acceptors (Lipinski definition) is 5. The van der Waals surface area contributed by atoms with Crippen LogP contribution in [0.1, 0.15) is 49.2 Å². The standard InChI is InChI=1S/C23H26F2N6/c24-18-11-9-17(10-12-18)22(23-26-27-28-31(23)19-5-1-2-6-19)30-15-13-29(14-16-30)21-8-4-3-7-20(21)25/h3-4,7-12,19,22H,1-2,5-6,13-16H2/t22-/m1/s1. The van der Waals surface area contributed by atoms with Gasteiger partial charge >= 0.3 is 0 Å².